The van der Waals surface area contributed by atoms with Gasteiger partial charge in [0.2, 0.25) is 0 Å². The molecule has 2 heterocycles. The standard InChI is InChI=1S/C22H27N3O4/c1-24(22(21(28)29)11-5-3-6-12-22)19(26)15-9-10-16-17(14-15)23-18-8-4-2-7-13-25(18)20(16)27/h9-10,14H,2-8,11-13H2,1H3,(H,28,29). The Kier molecular flexibility index (Phi) is 5.15. The number of fused-ring (bicyclic) bond motifs is 2. The third-order valence-electron chi connectivity index (χ3n) is 6.59. The molecule has 1 saturated carbocycles. The Morgan fingerprint density at radius 3 is 2.55 bits per heavy atom. The predicted molar refractivity (Wildman–Crippen MR) is 109 cm³/mol. The summed E-state index contributed by atoms with van der Waals surface area (Å²) in [6, 6.07) is 4.91. The number of likely N-dealkylation sites (N-methyl/N-ethyl adjacent to an activating group) is 1. The fraction of sp³-hybridized carbons (Fsp3) is 0.545. The number of carbonyl (C=O) groups excluding carboxylic acids is 1. The topological polar surface area (TPSA) is 92.5 Å². The van der Waals surface area contributed by atoms with Gasteiger partial charge < -0.3 is 10.0 Å². The van der Waals surface area contributed by atoms with Gasteiger partial charge in [-0.1, -0.05) is 25.7 Å². The van der Waals surface area contributed by atoms with Gasteiger partial charge in [0.25, 0.3) is 11.5 Å². The van der Waals surface area contributed by atoms with Crippen LogP contribution in [0.5, 0.6) is 0 Å². The molecule has 7 heteroatoms. The molecule has 0 atom stereocenters. The Morgan fingerprint density at radius 2 is 1.83 bits per heavy atom. The molecule has 154 valence electrons. The van der Waals surface area contributed by atoms with Gasteiger partial charge in [-0.15, -0.1) is 0 Å². The Bertz CT molecular complexity index is 1020. The van der Waals surface area contributed by atoms with Crippen molar-refractivity contribution in [1.82, 2.24) is 14.5 Å². The van der Waals surface area contributed by atoms with Gasteiger partial charge in [0.05, 0.1) is 10.9 Å². The molecule has 1 amide bonds. The van der Waals surface area contributed by atoms with Crippen molar-refractivity contribution in [2.75, 3.05) is 7.05 Å². The Labute approximate surface area is 169 Å². The number of carboxylic acids is 1. The maximum atomic E-state index is 13.2. The van der Waals surface area contributed by atoms with E-state index < -0.39 is 11.5 Å². The van der Waals surface area contributed by atoms with Crippen LogP contribution in [0.3, 0.4) is 0 Å². The lowest BCUT2D eigenvalue weighted by molar-refractivity contribution is -0.151. The number of aromatic nitrogens is 2. The summed E-state index contributed by atoms with van der Waals surface area (Å²) >= 11 is 0. The predicted octanol–water partition coefficient (Wildman–Crippen LogP) is 2.98. The molecule has 7 nitrogen and oxygen atoms in total. The van der Waals surface area contributed by atoms with Crippen molar-refractivity contribution in [3.8, 4) is 0 Å². The summed E-state index contributed by atoms with van der Waals surface area (Å²) in [6.07, 6.45) is 7.32. The SMILES string of the molecule is CN(C(=O)c1ccc2c(=O)n3c(nc2c1)CCCCC3)C1(C(=O)O)CCCCC1. The molecule has 0 radical (unpaired) electrons. The van der Waals surface area contributed by atoms with Crippen LogP contribution in [0.15, 0.2) is 23.0 Å². The van der Waals surface area contributed by atoms with Crippen molar-refractivity contribution in [1.29, 1.82) is 0 Å². The average molecular weight is 397 g/mol. The van der Waals surface area contributed by atoms with Crippen LogP contribution in [0.25, 0.3) is 10.9 Å². The van der Waals surface area contributed by atoms with Gasteiger partial charge in [-0.05, 0) is 43.9 Å². The fourth-order valence-corrected chi connectivity index (χ4v) is 4.77. The van der Waals surface area contributed by atoms with Gasteiger partial charge in [0.1, 0.15) is 11.4 Å². The van der Waals surface area contributed by atoms with Crippen LogP contribution in [-0.4, -0.2) is 44.0 Å². The summed E-state index contributed by atoms with van der Waals surface area (Å²) in [5, 5.41) is 10.4. The van der Waals surface area contributed by atoms with Gasteiger partial charge in [-0.25, -0.2) is 9.78 Å². The number of hydrogen-bond acceptors (Lipinski definition) is 4. The van der Waals surface area contributed by atoms with E-state index in [1.54, 1.807) is 29.8 Å². The number of carboxylic acid groups (broad SMARTS) is 1. The monoisotopic (exact) mass is 397 g/mol. The van der Waals surface area contributed by atoms with E-state index in [1.807, 2.05) is 0 Å². The summed E-state index contributed by atoms with van der Waals surface area (Å²) in [5.41, 5.74) is -0.342. The van der Waals surface area contributed by atoms with Crippen molar-refractivity contribution < 1.29 is 14.7 Å². The second kappa shape index (κ2) is 7.61. The zero-order valence-corrected chi connectivity index (χ0v) is 16.8. The molecule has 1 aromatic carbocycles. The van der Waals surface area contributed by atoms with Crippen molar-refractivity contribution in [2.24, 2.45) is 0 Å². The molecule has 1 aliphatic heterocycles. The van der Waals surface area contributed by atoms with E-state index in [9.17, 15) is 19.5 Å². The quantitative estimate of drug-likeness (QED) is 0.860. The van der Waals surface area contributed by atoms with Crippen LogP contribution in [0.1, 0.15) is 67.5 Å². The Balaban J connectivity index is 1.73. The zero-order valence-electron chi connectivity index (χ0n) is 16.8. The van der Waals surface area contributed by atoms with Crippen LogP contribution in [0.2, 0.25) is 0 Å². The lowest BCUT2D eigenvalue weighted by Gasteiger charge is -2.41. The zero-order chi connectivity index (χ0) is 20.6. The van der Waals surface area contributed by atoms with Crippen molar-refractivity contribution in [3.05, 3.63) is 39.9 Å². The second-order valence-corrected chi connectivity index (χ2v) is 8.29. The molecule has 0 unspecified atom stereocenters. The molecule has 4 rings (SSSR count). The molecule has 29 heavy (non-hydrogen) atoms. The van der Waals surface area contributed by atoms with Crippen LogP contribution < -0.4 is 5.56 Å². The summed E-state index contributed by atoms with van der Waals surface area (Å²) in [4.78, 5) is 44.2. The lowest BCUT2D eigenvalue weighted by atomic mass is 9.80. The fourth-order valence-electron chi connectivity index (χ4n) is 4.77. The highest BCUT2D eigenvalue weighted by molar-refractivity contribution is 6.00. The molecular weight excluding hydrogens is 370 g/mol. The molecule has 1 N–H and O–H groups in total. The molecule has 2 aromatic rings. The van der Waals surface area contributed by atoms with Gasteiger partial charge in [-0.3, -0.25) is 14.2 Å². The van der Waals surface area contributed by atoms with Crippen LogP contribution >= 0.6 is 0 Å². The first kappa shape index (κ1) is 19.6. The third-order valence-corrected chi connectivity index (χ3v) is 6.59. The molecular formula is C22H27N3O4. The maximum absolute atomic E-state index is 13.2. The summed E-state index contributed by atoms with van der Waals surface area (Å²) in [6.45, 7) is 0.682. The smallest absolute Gasteiger partial charge is 0.329 e. The van der Waals surface area contributed by atoms with E-state index in [2.05, 4.69) is 4.98 Å². The van der Waals surface area contributed by atoms with Gasteiger partial charge in [0, 0.05) is 25.6 Å². The van der Waals surface area contributed by atoms with E-state index in [0.29, 0.717) is 35.9 Å². The number of rotatable bonds is 3. The largest absolute Gasteiger partial charge is 0.479 e. The minimum atomic E-state index is -1.16. The number of nitrogens with zero attached hydrogens (tertiary/aromatic N) is 3. The molecule has 2 aliphatic rings. The van der Waals surface area contributed by atoms with Crippen molar-refractivity contribution in [2.45, 2.75) is 69.9 Å². The number of carbonyl (C=O) groups is 2. The van der Waals surface area contributed by atoms with Crippen LogP contribution in [-0.2, 0) is 17.8 Å². The van der Waals surface area contributed by atoms with Crippen molar-refractivity contribution in [3.63, 3.8) is 0 Å². The Morgan fingerprint density at radius 1 is 1.10 bits per heavy atom. The Hall–Kier alpha value is -2.70. The minimum absolute atomic E-state index is 0.0615. The van der Waals surface area contributed by atoms with Crippen LogP contribution in [0, 0.1) is 0 Å². The number of amides is 1. The molecule has 0 saturated heterocycles. The van der Waals surface area contributed by atoms with E-state index in [0.717, 1.165) is 50.8 Å². The number of benzene rings is 1. The molecule has 0 bridgehead atoms. The van der Waals surface area contributed by atoms with E-state index in [-0.39, 0.29) is 11.5 Å². The molecule has 0 spiro atoms. The average Bonchev–Trinajstić information content (AvgIpc) is 2.98. The minimum Gasteiger partial charge on any atom is -0.479 e. The van der Waals surface area contributed by atoms with Gasteiger partial charge in [-0.2, -0.15) is 0 Å². The van der Waals surface area contributed by atoms with E-state index in [4.69, 9.17) is 0 Å². The summed E-state index contributed by atoms with van der Waals surface area (Å²) < 4.78 is 1.75. The second-order valence-electron chi connectivity index (χ2n) is 8.29. The molecule has 1 aliphatic carbocycles. The van der Waals surface area contributed by atoms with E-state index in [1.165, 1.54) is 4.90 Å². The number of aryl methyl sites for hydroxylation is 1. The molecule has 1 aromatic heterocycles. The summed E-state index contributed by atoms with van der Waals surface area (Å²) in [7, 11) is 1.57. The van der Waals surface area contributed by atoms with E-state index >= 15 is 0 Å². The van der Waals surface area contributed by atoms with Gasteiger partial charge in [0.15, 0.2) is 0 Å². The normalized spacial score (nSPS) is 18.7. The lowest BCUT2D eigenvalue weighted by Crippen LogP contribution is -2.56. The first-order valence-electron chi connectivity index (χ1n) is 10.5. The number of hydrogen-bond donors (Lipinski definition) is 1. The first-order valence-corrected chi connectivity index (χ1v) is 10.5. The highest BCUT2D eigenvalue weighted by Crippen LogP contribution is 2.34. The number of aliphatic carboxylic acids is 1. The summed E-state index contributed by atoms with van der Waals surface area (Å²) in [5.74, 6) is -0.518. The highest BCUT2D eigenvalue weighted by Gasteiger charge is 2.45. The maximum Gasteiger partial charge on any atom is 0.329 e. The molecule has 1 fully saturated rings. The van der Waals surface area contributed by atoms with Gasteiger partial charge >= 0.3 is 5.97 Å². The highest BCUT2D eigenvalue weighted by atomic mass is 16.4. The van der Waals surface area contributed by atoms with Crippen LogP contribution in [0.4, 0.5) is 0 Å². The first-order chi connectivity index (χ1) is 13.9. The van der Waals surface area contributed by atoms with Crippen molar-refractivity contribution >= 4 is 22.8 Å². The third kappa shape index (κ3) is 3.32.